The second-order valence-corrected chi connectivity index (χ2v) is 7.00. The Balaban J connectivity index is 1.76. The molecule has 0 radical (unpaired) electrons. The number of hydrogen-bond acceptors (Lipinski definition) is 5. The van der Waals surface area contributed by atoms with Crippen molar-refractivity contribution in [2.24, 2.45) is 0 Å². The van der Waals surface area contributed by atoms with E-state index in [1.54, 1.807) is 41.5 Å². The first kappa shape index (κ1) is 15.0. The molecular formula is C14H18N4O3S. The van der Waals surface area contributed by atoms with Crippen molar-refractivity contribution >= 4 is 10.0 Å². The van der Waals surface area contributed by atoms with Crippen molar-refractivity contribution in [3.05, 3.63) is 36.7 Å². The van der Waals surface area contributed by atoms with E-state index in [-0.39, 0.29) is 10.9 Å². The predicted molar refractivity (Wildman–Crippen MR) is 80.0 cm³/mol. The van der Waals surface area contributed by atoms with Crippen molar-refractivity contribution < 1.29 is 13.2 Å². The summed E-state index contributed by atoms with van der Waals surface area (Å²) in [4.78, 5) is 1.86. The lowest BCUT2D eigenvalue weighted by atomic mass is 10.3. The number of benzene rings is 1. The average molecular weight is 322 g/mol. The van der Waals surface area contributed by atoms with Gasteiger partial charge in [-0.05, 0) is 37.6 Å². The van der Waals surface area contributed by atoms with Gasteiger partial charge in [0.25, 0.3) is 0 Å². The molecule has 7 nitrogen and oxygen atoms in total. The Morgan fingerprint density at radius 3 is 2.55 bits per heavy atom. The fourth-order valence-corrected chi connectivity index (χ4v) is 4.05. The van der Waals surface area contributed by atoms with E-state index in [0.29, 0.717) is 31.9 Å². The van der Waals surface area contributed by atoms with Crippen LogP contribution in [0.15, 0.2) is 41.6 Å². The van der Waals surface area contributed by atoms with Gasteiger partial charge in [0.1, 0.15) is 5.75 Å². The smallest absolute Gasteiger partial charge is 0.243 e. The SMILES string of the molecule is CCOc1ccc(S(=O)(=O)N2CCC(n3nccn3)C2)cc1. The third-order valence-electron chi connectivity index (χ3n) is 3.66. The highest BCUT2D eigenvalue weighted by Gasteiger charge is 2.34. The first-order valence-corrected chi connectivity index (χ1v) is 8.64. The summed E-state index contributed by atoms with van der Waals surface area (Å²) < 4.78 is 32.1. The van der Waals surface area contributed by atoms with E-state index in [0.717, 1.165) is 0 Å². The van der Waals surface area contributed by atoms with Gasteiger partial charge in [0.15, 0.2) is 0 Å². The second-order valence-electron chi connectivity index (χ2n) is 5.06. The van der Waals surface area contributed by atoms with E-state index in [1.165, 1.54) is 4.31 Å². The molecule has 2 aromatic rings. The number of hydrogen-bond donors (Lipinski definition) is 0. The monoisotopic (exact) mass is 322 g/mol. The van der Waals surface area contributed by atoms with E-state index in [9.17, 15) is 8.42 Å². The van der Waals surface area contributed by atoms with E-state index < -0.39 is 10.0 Å². The summed E-state index contributed by atoms with van der Waals surface area (Å²) in [6, 6.07) is 6.52. The Morgan fingerprint density at radius 1 is 1.23 bits per heavy atom. The van der Waals surface area contributed by atoms with Gasteiger partial charge in [0.05, 0.1) is 29.9 Å². The molecule has 22 heavy (non-hydrogen) atoms. The quantitative estimate of drug-likeness (QED) is 0.829. The minimum atomic E-state index is -3.49. The van der Waals surface area contributed by atoms with Gasteiger partial charge >= 0.3 is 0 Å². The van der Waals surface area contributed by atoms with Crippen LogP contribution in [0.5, 0.6) is 5.75 Å². The fraction of sp³-hybridized carbons (Fsp3) is 0.429. The molecule has 0 saturated carbocycles. The Morgan fingerprint density at radius 2 is 1.91 bits per heavy atom. The Bertz CT molecular complexity index is 713. The van der Waals surface area contributed by atoms with Crippen LogP contribution in [0, 0.1) is 0 Å². The van der Waals surface area contributed by atoms with Crippen LogP contribution >= 0.6 is 0 Å². The van der Waals surface area contributed by atoms with Gasteiger partial charge in [-0.1, -0.05) is 0 Å². The first-order chi connectivity index (χ1) is 10.6. The van der Waals surface area contributed by atoms with Gasteiger partial charge in [-0.3, -0.25) is 0 Å². The van der Waals surface area contributed by atoms with Crippen LogP contribution < -0.4 is 4.74 Å². The molecule has 3 rings (SSSR count). The minimum Gasteiger partial charge on any atom is -0.494 e. The zero-order chi connectivity index (χ0) is 15.6. The lowest BCUT2D eigenvalue weighted by Crippen LogP contribution is -2.29. The summed E-state index contributed by atoms with van der Waals surface area (Å²) in [5, 5.41) is 8.17. The van der Waals surface area contributed by atoms with Crippen LogP contribution in [0.25, 0.3) is 0 Å². The number of aromatic nitrogens is 3. The molecule has 0 spiro atoms. The molecule has 1 aromatic heterocycles. The third kappa shape index (κ3) is 2.84. The van der Waals surface area contributed by atoms with Crippen LogP contribution in [0.3, 0.4) is 0 Å². The summed E-state index contributed by atoms with van der Waals surface area (Å²) >= 11 is 0. The van der Waals surface area contributed by atoms with Gasteiger partial charge in [0.2, 0.25) is 10.0 Å². The molecule has 118 valence electrons. The normalized spacial score (nSPS) is 19.4. The molecule has 1 aromatic carbocycles. The molecule has 8 heteroatoms. The summed E-state index contributed by atoms with van der Waals surface area (Å²) in [6.45, 7) is 3.31. The Kier molecular flexibility index (Phi) is 4.12. The van der Waals surface area contributed by atoms with Crippen molar-refractivity contribution in [1.82, 2.24) is 19.3 Å². The van der Waals surface area contributed by atoms with Crippen molar-refractivity contribution in [3.8, 4) is 5.75 Å². The summed E-state index contributed by atoms with van der Waals surface area (Å²) in [5.74, 6) is 0.668. The van der Waals surface area contributed by atoms with Crippen LogP contribution in [-0.4, -0.2) is 47.4 Å². The standard InChI is InChI=1S/C14H18N4O3S/c1-2-21-13-3-5-14(6-4-13)22(19,20)17-10-7-12(11-17)18-15-8-9-16-18/h3-6,8-9,12H,2,7,10-11H2,1H3. The van der Waals surface area contributed by atoms with E-state index >= 15 is 0 Å². The van der Waals surface area contributed by atoms with Gasteiger partial charge in [-0.25, -0.2) is 8.42 Å². The fourth-order valence-electron chi connectivity index (χ4n) is 2.56. The number of nitrogens with zero attached hydrogens (tertiary/aromatic N) is 4. The molecule has 0 bridgehead atoms. The third-order valence-corrected chi connectivity index (χ3v) is 5.54. The van der Waals surface area contributed by atoms with Crippen molar-refractivity contribution in [2.45, 2.75) is 24.3 Å². The molecule has 1 atom stereocenters. The molecule has 1 fully saturated rings. The highest BCUT2D eigenvalue weighted by atomic mass is 32.2. The van der Waals surface area contributed by atoms with Crippen molar-refractivity contribution in [3.63, 3.8) is 0 Å². The van der Waals surface area contributed by atoms with Gasteiger partial charge in [0, 0.05) is 13.1 Å². The lowest BCUT2D eigenvalue weighted by Gasteiger charge is -2.16. The van der Waals surface area contributed by atoms with Crippen molar-refractivity contribution in [1.29, 1.82) is 0 Å². The zero-order valence-corrected chi connectivity index (χ0v) is 13.1. The summed E-state index contributed by atoms with van der Waals surface area (Å²) in [6.07, 6.45) is 3.91. The maximum Gasteiger partial charge on any atom is 0.243 e. The Labute approximate surface area is 129 Å². The van der Waals surface area contributed by atoms with Crippen LogP contribution in [-0.2, 0) is 10.0 Å². The number of rotatable bonds is 5. The largest absolute Gasteiger partial charge is 0.494 e. The lowest BCUT2D eigenvalue weighted by molar-refractivity contribution is 0.340. The number of sulfonamides is 1. The second kappa shape index (κ2) is 6.05. The van der Waals surface area contributed by atoms with Crippen molar-refractivity contribution in [2.75, 3.05) is 19.7 Å². The molecule has 1 saturated heterocycles. The molecule has 0 aliphatic carbocycles. The maximum absolute atomic E-state index is 12.7. The highest BCUT2D eigenvalue weighted by Crippen LogP contribution is 2.27. The minimum absolute atomic E-state index is 0.00697. The molecule has 0 N–H and O–H groups in total. The van der Waals surface area contributed by atoms with E-state index in [4.69, 9.17) is 4.74 Å². The molecule has 1 aliphatic rings. The first-order valence-electron chi connectivity index (χ1n) is 7.20. The summed E-state index contributed by atoms with van der Waals surface area (Å²) in [7, 11) is -3.49. The van der Waals surface area contributed by atoms with E-state index in [2.05, 4.69) is 10.2 Å². The predicted octanol–water partition coefficient (Wildman–Crippen LogP) is 1.31. The topological polar surface area (TPSA) is 77.3 Å². The molecule has 2 heterocycles. The molecule has 1 aliphatic heterocycles. The van der Waals surface area contributed by atoms with Gasteiger partial charge in [-0.2, -0.15) is 19.3 Å². The van der Waals surface area contributed by atoms with Crippen LogP contribution in [0.1, 0.15) is 19.4 Å². The van der Waals surface area contributed by atoms with Gasteiger partial charge < -0.3 is 4.74 Å². The van der Waals surface area contributed by atoms with Crippen LogP contribution in [0.4, 0.5) is 0 Å². The maximum atomic E-state index is 12.7. The Hall–Kier alpha value is -1.93. The number of ether oxygens (including phenoxy) is 1. The highest BCUT2D eigenvalue weighted by molar-refractivity contribution is 7.89. The average Bonchev–Trinajstić information content (AvgIpc) is 3.19. The summed E-state index contributed by atoms with van der Waals surface area (Å²) in [5.41, 5.74) is 0. The van der Waals surface area contributed by atoms with Gasteiger partial charge in [-0.15, -0.1) is 0 Å². The van der Waals surface area contributed by atoms with E-state index in [1.807, 2.05) is 6.92 Å². The molecular weight excluding hydrogens is 304 g/mol. The van der Waals surface area contributed by atoms with Crippen LogP contribution in [0.2, 0.25) is 0 Å². The molecule has 0 amide bonds. The molecule has 1 unspecified atom stereocenters. The zero-order valence-electron chi connectivity index (χ0n) is 12.3.